The number of rotatable bonds is 6. The van der Waals surface area contributed by atoms with E-state index < -0.39 is 0 Å². The molecule has 2 heterocycles. The summed E-state index contributed by atoms with van der Waals surface area (Å²) in [6.07, 6.45) is 3.68. The highest BCUT2D eigenvalue weighted by atomic mass is 16.1. The Morgan fingerprint density at radius 3 is 2.23 bits per heavy atom. The average Bonchev–Trinajstić information content (AvgIpc) is 2.63. The van der Waals surface area contributed by atoms with E-state index in [4.69, 9.17) is 0 Å². The van der Waals surface area contributed by atoms with Gasteiger partial charge in [-0.3, -0.25) is 4.79 Å². The van der Waals surface area contributed by atoms with Crippen molar-refractivity contribution in [1.29, 1.82) is 0 Å². The monoisotopic (exact) mass is 348 g/mol. The molecule has 7 nitrogen and oxygen atoms in total. The molecule has 0 bridgehead atoms. The fraction of sp³-hybridized carbons (Fsp3) is 0.158. The van der Waals surface area contributed by atoms with Crippen LogP contribution < -0.4 is 16.0 Å². The normalized spacial score (nSPS) is 10.2. The van der Waals surface area contributed by atoms with Crippen molar-refractivity contribution in [2.45, 2.75) is 20.3 Å². The topological polar surface area (TPSA) is 91.8 Å². The lowest BCUT2D eigenvalue weighted by Crippen LogP contribution is -2.09. The van der Waals surface area contributed by atoms with E-state index in [0.717, 1.165) is 22.8 Å². The zero-order chi connectivity index (χ0) is 18.4. The van der Waals surface area contributed by atoms with E-state index in [0.29, 0.717) is 18.1 Å². The fourth-order valence-electron chi connectivity index (χ4n) is 2.26. The van der Waals surface area contributed by atoms with Crippen molar-refractivity contribution in [3.8, 4) is 0 Å². The zero-order valence-electron chi connectivity index (χ0n) is 14.7. The Kier molecular flexibility index (Phi) is 5.38. The molecular weight excluding hydrogens is 328 g/mol. The molecule has 2 aromatic heterocycles. The first-order chi connectivity index (χ1) is 12.6. The first-order valence-electron chi connectivity index (χ1n) is 8.31. The van der Waals surface area contributed by atoms with Crippen molar-refractivity contribution in [1.82, 2.24) is 15.0 Å². The van der Waals surface area contributed by atoms with Gasteiger partial charge >= 0.3 is 0 Å². The number of anilines is 5. The Morgan fingerprint density at radius 2 is 1.54 bits per heavy atom. The molecule has 0 atom stereocenters. The summed E-state index contributed by atoms with van der Waals surface area (Å²) in [5.74, 6) is 2.01. The Hall–Kier alpha value is -3.48. The number of pyridine rings is 1. The van der Waals surface area contributed by atoms with Gasteiger partial charge in [0.25, 0.3) is 0 Å². The molecule has 0 saturated carbocycles. The number of amides is 1. The minimum Gasteiger partial charge on any atom is -0.340 e. The van der Waals surface area contributed by atoms with Crippen LogP contribution in [0.2, 0.25) is 0 Å². The van der Waals surface area contributed by atoms with Crippen LogP contribution in [0, 0.1) is 6.92 Å². The van der Waals surface area contributed by atoms with E-state index >= 15 is 0 Å². The van der Waals surface area contributed by atoms with Crippen LogP contribution in [-0.2, 0) is 4.79 Å². The Labute approximate surface area is 151 Å². The zero-order valence-corrected chi connectivity index (χ0v) is 14.7. The third kappa shape index (κ3) is 4.76. The van der Waals surface area contributed by atoms with Gasteiger partial charge in [0.1, 0.15) is 23.8 Å². The lowest BCUT2D eigenvalue weighted by Gasteiger charge is -2.09. The highest BCUT2D eigenvalue weighted by molar-refractivity contribution is 5.90. The number of aryl methyl sites for hydroxylation is 1. The van der Waals surface area contributed by atoms with Crippen LogP contribution in [0.1, 0.15) is 18.9 Å². The summed E-state index contributed by atoms with van der Waals surface area (Å²) in [7, 11) is 0. The third-order valence-corrected chi connectivity index (χ3v) is 3.60. The minimum atomic E-state index is -0.0121. The van der Waals surface area contributed by atoms with Gasteiger partial charge < -0.3 is 16.0 Å². The number of nitrogens with one attached hydrogen (secondary N) is 3. The number of carbonyl (C=O) groups is 1. The van der Waals surface area contributed by atoms with Crippen LogP contribution in [0.3, 0.4) is 0 Å². The quantitative estimate of drug-likeness (QED) is 0.623. The first-order valence-corrected chi connectivity index (χ1v) is 8.31. The molecule has 1 amide bonds. The highest BCUT2D eigenvalue weighted by Gasteiger charge is 2.03. The van der Waals surface area contributed by atoms with Gasteiger partial charge in [-0.25, -0.2) is 15.0 Å². The molecule has 0 aliphatic rings. The largest absolute Gasteiger partial charge is 0.340 e. The molecule has 0 unspecified atom stereocenters. The van der Waals surface area contributed by atoms with Gasteiger partial charge in [-0.1, -0.05) is 6.92 Å². The molecule has 3 rings (SSSR count). The molecule has 0 fully saturated rings. The average molecular weight is 348 g/mol. The van der Waals surface area contributed by atoms with Gasteiger partial charge in [0, 0.05) is 30.1 Å². The number of aromatic nitrogens is 3. The van der Waals surface area contributed by atoms with E-state index in [-0.39, 0.29) is 5.91 Å². The summed E-state index contributed by atoms with van der Waals surface area (Å²) >= 11 is 0. The van der Waals surface area contributed by atoms with Crippen LogP contribution in [-0.4, -0.2) is 20.9 Å². The molecule has 26 heavy (non-hydrogen) atoms. The molecular formula is C19H20N6O. The molecule has 3 N–H and O–H groups in total. The minimum absolute atomic E-state index is 0.0121. The summed E-state index contributed by atoms with van der Waals surface area (Å²) in [6.45, 7) is 3.82. The van der Waals surface area contributed by atoms with Crippen LogP contribution in [0.15, 0.2) is 55.0 Å². The van der Waals surface area contributed by atoms with Gasteiger partial charge in [0.15, 0.2) is 0 Å². The van der Waals surface area contributed by atoms with Gasteiger partial charge in [0.2, 0.25) is 5.91 Å². The summed E-state index contributed by atoms with van der Waals surface area (Å²) in [6, 6.07) is 13.1. The maximum atomic E-state index is 11.4. The van der Waals surface area contributed by atoms with Crippen LogP contribution >= 0.6 is 0 Å². The van der Waals surface area contributed by atoms with Crippen LogP contribution in [0.4, 0.5) is 28.8 Å². The Morgan fingerprint density at radius 1 is 0.885 bits per heavy atom. The number of nitrogens with zero attached hydrogens (tertiary/aromatic N) is 3. The standard InChI is InChI=1S/C19H20N6O/c1-3-19(26)24-15-6-4-14(5-7-15)23-17-11-18(22-12-21-17)25-16-10-13(2)8-9-20-16/h4-12H,3H2,1-2H3,(H,24,26)(H2,20,21,22,23,25). The molecule has 1 aromatic carbocycles. The number of hydrogen-bond acceptors (Lipinski definition) is 6. The predicted octanol–water partition coefficient (Wildman–Crippen LogP) is 4.02. The molecule has 0 aliphatic heterocycles. The maximum absolute atomic E-state index is 11.4. The van der Waals surface area contributed by atoms with E-state index in [1.54, 1.807) is 12.3 Å². The van der Waals surface area contributed by atoms with Gasteiger partial charge in [-0.2, -0.15) is 0 Å². The van der Waals surface area contributed by atoms with E-state index in [9.17, 15) is 4.79 Å². The number of carbonyl (C=O) groups excluding carboxylic acids is 1. The van der Waals surface area contributed by atoms with Gasteiger partial charge in [-0.05, 0) is 48.9 Å². The number of benzene rings is 1. The van der Waals surface area contributed by atoms with Crippen molar-refractivity contribution < 1.29 is 4.79 Å². The molecule has 132 valence electrons. The second kappa shape index (κ2) is 8.06. The molecule has 7 heteroatoms. The first kappa shape index (κ1) is 17.3. The molecule has 3 aromatic rings. The van der Waals surface area contributed by atoms with Crippen molar-refractivity contribution in [2.75, 3.05) is 16.0 Å². The van der Waals surface area contributed by atoms with Crippen molar-refractivity contribution >= 4 is 34.7 Å². The van der Waals surface area contributed by atoms with Crippen LogP contribution in [0.5, 0.6) is 0 Å². The third-order valence-electron chi connectivity index (χ3n) is 3.60. The summed E-state index contributed by atoms with van der Waals surface area (Å²) in [5, 5.41) is 9.18. The van der Waals surface area contributed by atoms with E-state index in [1.165, 1.54) is 6.33 Å². The summed E-state index contributed by atoms with van der Waals surface area (Å²) < 4.78 is 0. The lowest BCUT2D eigenvalue weighted by molar-refractivity contribution is -0.115. The predicted molar refractivity (Wildman–Crippen MR) is 103 cm³/mol. The second-order valence-corrected chi connectivity index (χ2v) is 5.74. The Balaban J connectivity index is 1.67. The fourth-order valence-corrected chi connectivity index (χ4v) is 2.26. The smallest absolute Gasteiger partial charge is 0.224 e. The van der Waals surface area contributed by atoms with Crippen LogP contribution in [0.25, 0.3) is 0 Å². The van der Waals surface area contributed by atoms with E-state index in [2.05, 4.69) is 30.9 Å². The Bertz CT molecular complexity index is 895. The molecule has 0 spiro atoms. The van der Waals surface area contributed by atoms with Crippen molar-refractivity contribution in [2.24, 2.45) is 0 Å². The number of hydrogen-bond donors (Lipinski definition) is 3. The van der Waals surface area contributed by atoms with Gasteiger partial charge in [-0.15, -0.1) is 0 Å². The maximum Gasteiger partial charge on any atom is 0.224 e. The van der Waals surface area contributed by atoms with Crippen molar-refractivity contribution in [3.63, 3.8) is 0 Å². The second-order valence-electron chi connectivity index (χ2n) is 5.74. The van der Waals surface area contributed by atoms with E-state index in [1.807, 2.05) is 50.2 Å². The lowest BCUT2D eigenvalue weighted by atomic mass is 10.2. The van der Waals surface area contributed by atoms with Gasteiger partial charge in [0.05, 0.1) is 0 Å². The highest BCUT2D eigenvalue weighted by Crippen LogP contribution is 2.20. The molecule has 0 radical (unpaired) electrons. The summed E-state index contributed by atoms with van der Waals surface area (Å²) in [5.41, 5.74) is 2.74. The summed E-state index contributed by atoms with van der Waals surface area (Å²) in [4.78, 5) is 24.1. The van der Waals surface area contributed by atoms with Crippen molar-refractivity contribution in [3.05, 3.63) is 60.6 Å². The molecule has 0 saturated heterocycles. The SMILES string of the molecule is CCC(=O)Nc1ccc(Nc2cc(Nc3cc(C)ccn3)ncn2)cc1. The molecule has 0 aliphatic carbocycles.